The minimum Gasteiger partial charge on any atom is -0.494 e. The Morgan fingerprint density at radius 1 is 1.11 bits per heavy atom. The molecule has 1 heterocycles. The fourth-order valence-corrected chi connectivity index (χ4v) is 3.71. The number of ether oxygens (including phenoxy) is 2. The highest BCUT2D eigenvalue weighted by molar-refractivity contribution is 5.95. The first-order valence-electron chi connectivity index (χ1n) is 9.80. The average molecular weight is 372 g/mol. The molecule has 1 aromatic rings. The third-order valence-corrected chi connectivity index (χ3v) is 5.09. The molecule has 0 bridgehead atoms. The summed E-state index contributed by atoms with van der Waals surface area (Å²) < 4.78 is 11.3. The van der Waals surface area contributed by atoms with E-state index in [4.69, 9.17) is 9.47 Å². The Hall–Kier alpha value is -2.50. The van der Waals surface area contributed by atoms with E-state index in [1.165, 1.54) is 12.8 Å². The molecule has 3 rings (SSSR count). The van der Waals surface area contributed by atoms with Crippen molar-refractivity contribution in [1.82, 2.24) is 10.6 Å². The van der Waals surface area contributed by atoms with E-state index in [1.807, 2.05) is 31.2 Å². The van der Waals surface area contributed by atoms with Gasteiger partial charge in [0.2, 0.25) is 0 Å². The highest BCUT2D eigenvalue weighted by Crippen LogP contribution is 2.30. The van der Waals surface area contributed by atoms with Crippen LogP contribution in [0, 0.1) is 0 Å². The van der Waals surface area contributed by atoms with Gasteiger partial charge in [-0.05, 0) is 57.2 Å². The van der Waals surface area contributed by atoms with Crippen molar-refractivity contribution in [3.8, 4) is 5.75 Å². The molecule has 1 aliphatic heterocycles. The predicted molar refractivity (Wildman–Crippen MR) is 102 cm³/mol. The second-order valence-corrected chi connectivity index (χ2v) is 7.09. The van der Waals surface area contributed by atoms with Crippen LogP contribution in [0.2, 0.25) is 0 Å². The van der Waals surface area contributed by atoms with Gasteiger partial charge in [0.15, 0.2) is 0 Å². The zero-order chi connectivity index (χ0) is 19.2. The van der Waals surface area contributed by atoms with Gasteiger partial charge in [-0.25, -0.2) is 9.59 Å². The maximum absolute atomic E-state index is 13.0. The van der Waals surface area contributed by atoms with Crippen molar-refractivity contribution >= 4 is 12.0 Å². The topological polar surface area (TPSA) is 76.7 Å². The Balaban J connectivity index is 1.81. The second kappa shape index (κ2) is 8.93. The summed E-state index contributed by atoms with van der Waals surface area (Å²) in [6, 6.07) is 6.57. The van der Waals surface area contributed by atoms with Gasteiger partial charge in [0.25, 0.3) is 0 Å². The monoisotopic (exact) mass is 372 g/mol. The van der Waals surface area contributed by atoms with Crippen molar-refractivity contribution in [2.24, 2.45) is 0 Å². The number of nitrogens with one attached hydrogen (secondary N) is 2. The van der Waals surface area contributed by atoms with Gasteiger partial charge < -0.3 is 20.1 Å². The molecule has 146 valence electrons. The molecule has 27 heavy (non-hydrogen) atoms. The summed E-state index contributed by atoms with van der Waals surface area (Å²) in [6.45, 7) is 4.25. The molecule has 1 atom stereocenters. The molecule has 1 unspecified atom stereocenters. The van der Waals surface area contributed by atoms with E-state index in [1.54, 1.807) is 6.92 Å². The Bertz CT molecular complexity index is 703. The lowest BCUT2D eigenvalue weighted by Gasteiger charge is -2.29. The van der Waals surface area contributed by atoms with Crippen molar-refractivity contribution in [2.45, 2.75) is 64.5 Å². The molecule has 2 amide bonds. The van der Waals surface area contributed by atoms with Crippen LogP contribution in [-0.4, -0.2) is 24.7 Å². The normalized spacial score (nSPS) is 21.1. The number of amides is 2. The lowest BCUT2D eigenvalue weighted by Crippen LogP contribution is -2.45. The molecule has 0 aromatic heterocycles. The van der Waals surface area contributed by atoms with E-state index >= 15 is 0 Å². The SMILES string of the molecule is CCOc1ccc(C2NC(=O)NC(C)=C2C(=O)OC2CCCCCC2)cc1. The zero-order valence-electron chi connectivity index (χ0n) is 16.0. The van der Waals surface area contributed by atoms with Gasteiger partial charge in [-0.15, -0.1) is 0 Å². The maximum atomic E-state index is 13.0. The van der Waals surface area contributed by atoms with E-state index in [9.17, 15) is 9.59 Å². The number of carbonyl (C=O) groups excluding carboxylic acids is 2. The van der Waals surface area contributed by atoms with E-state index < -0.39 is 6.04 Å². The maximum Gasteiger partial charge on any atom is 0.338 e. The van der Waals surface area contributed by atoms with Crippen LogP contribution >= 0.6 is 0 Å². The quantitative estimate of drug-likeness (QED) is 0.605. The highest BCUT2D eigenvalue weighted by Gasteiger charge is 2.33. The number of urea groups is 1. The number of allylic oxidation sites excluding steroid dienone is 1. The van der Waals surface area contributed by atoms with Crippen LogP contribution in [0.3, 0.4) is 0 Å². The van der Waals surface area contributed by atoms with Gasteiger partial charge in [0, 0.05) is 5.70 Å². The number of hydrogen-bond acceptors (Lipinski definition) is 4. The van der Waals surface area contributed by atoms with E-state index in [0.29, 0.717) is 17.9 Å². The molecule has 0 spiro atoms. The van der Waals surface area contributed by atoms with Crippen molar-refractivity contribution in [1.29, 1.82) is 0 Å². The summed E-state index contributed by atoms with van der Waals surface area (Å²) >= 11 is 0. The van der Waals surface area contributed by atoms with Gasteiger partial charge >= 0.3 is 12.0 Å². The minimum absolute atomic E-state index is 0.0427. The minimum atomic E-state index is -0.535. The first-order chi connectivity index (χ1) is 13.1. The number of rotatable bonds is 5. The zero-order valence-corrected chi connectivity index (χ0v) is 16.0. The van der Waals surface area contributed by atoms with Gasteiger partial charge in [0.05, 0.1) is 18.2 Å². The van der Waals surface area contributed by atoms with Crippen LogP contribution in [0.25, 0.3) is 0 Å². The predicted octanol–water partition coefficient (Wildman–Crippen LogP) is 3.98. The lowest BCUT2D eigenvalue weighted by atomic mass is 9.95. The summed E-state index contributed by atoms with van der Waals surface area (Å²) in [5, 5.41) is 5.54. The van der Waals surface area contributed by atoms with Gasteiger partial charge in [-0.1, -0.05) is 25.0 Å². The smallest absolute Gasteiger partial charge is 0.338 e. The third kappa shape index (κ3) is 4.81. The summed E-state index contributed by atoms with van der Waals surface area (Å²) in [4.78, 5) is 24.9. The number of hydrogen-bond donors (Lipinski definition) is 2. The van der Waals surface area contributed by atoms with Crippen LogP contribution in [-0.2, 0) is 9.53 Å². The fraction of sp³-hybridized carbons (Fsp3) is 0.524. The van der Waals surface area contributed by atoms with Crippen LogP contribution in [0.1, 0.15) is 64.0 Å². The van der Waals surface area contributed by atoms with Crippen LogP contribution in [0.5, 0.6) is 5.75 Å². The van der Waals surface area contributed by atoms with E-state index in [2.05, 4.69) is 10.6 Å². The summed E-state index contributed by atoms with van der Waals surface area (Å²) in [5.41, 5.74) is 1.82. The fourth-order valence-electron chi connectivity index (χ4n) is 3.71. The molecule has 1 aliphatic carbocycles. The first-order valence-corrected chi connectivity index (χ1v) is 9.80. The van der Waals surface area contributed by atoms with Crippen LogP contribution in [0.15, 0.2) is 35.5 Å². The van der Waals surface area contributed by atoms with Crippen molar-refractivity contribution in [3.63, 3.8) is 0 Å². The molecule has 1 fully saturated rings. The largest absolute Gasteiger partial charge is 0.494 e. The summed E-state index contributed by atoms with van der Waals surface area (Å²) in [6.07, 6.45) is 6.35. The molecule has 0 radical (unpaired) electrons. The molecular weight excluding hydrogens is 344 g/mol. The molecule has 2 N–H and O–H groups in total. The lowest BCUT2D eigenvalue weighted by molar-refractivity contribution is -0.145. The molecule has 2 aliphatic rings. The van der Waals surface area contributed by atoms with E-state index in [-0.39, 0.29) is 18.1 Å². The molecule has 1 saturated carbocycles. The number of esters is 1. The average Bonchev–Trinajstić information content (AvgIpc) is 2.90. The second-order valence-electron chi connectivity index (χ2n) is 7.09. The Morgan fingerprint density at radius 3 is 2.41 bits per heavy atom. The molecular formula is C21H28N2O4. The Labute approximate surface area is 160 Å². The molecule has 0 saturated heterocycles. The van der Waals surface area contributed by atoms with Gasteiger partial charge in [0.1, 0.15) is 11.9 Å². The third-order valence-electron chi connectivity index (χ3n) is 5.09. The summed E-state index contributed by atoms with van der Waals surface area (Å²) in [7, 11) is 0. The van der Waals surface area contributed by atoms with Crippen LogP contribution in [0.4, 0.5) is 4.79 Å². The molecule has 1 aromatic carbocycles. The van der Waals surface area contributed by atoms with Crippen molar-refractivity contribution in [2.75, 3.05) is 6.61 Å². The van der Waals surface area contributed by atoms with Gasteiger partial charge in [-0.2, -0.15) is 0 Å². The van der Waals surface area contributed by atoms with Crippen LogP contribution < -0.4 is 15.4 Å². The standard InChI is InChI=1S/C21H28N2O4/c1-3-26-16-12-10-15(11-13-16)19-18(14(2)22-21(25)23-19)20(24)27-17-8-6-4-5-7-9-17/h10-13,17,19H,3-9H2,1-2H3,(H2,22,23,25). The summed E-state index contributed by atoms with van der Waals surface area (Å²) in [5.74, 6) is 0.399. The molecule has 6 nitrogen and oxygen atoms in total. The highest BCUT2D eigenvalue weighted by atomic mass is 16.5. The van der Waals surface area contributed by atoms with Crippen molar-refractivity contribution < 1.29 is 19.1 Å². The Morgan fingerprint density at radius 2 is 1.78 bits per heavy atom. The van der Waals surface area contributed by atoms with Gasteiger partial charge in [-0.3, -0.25) is 0 Å². The first kappa shape index (κ1) is 19.3. The number of carbonyl (C=O) groups is 2. The van der Waals surface area contributed by atoms with Crippen molar-refractivity contribution in [3.05, 3.63) is 41.1 Å². The Kier molecular flexibility index (Phi) is 6.37. The van der Waals surface area contributed by atoms with E-state index in [0.717, 1.165) is 37.0 Å². The number of benzene rings is 1. The molecule has 6 heteroatoms.